The maximum Gasteiger partial charge on any atom is 0.241 e. The highest BCUT2D eigenvalue weighted by atomic mass is 16.5. The third-order valence-corrected chi connectivity index (χ3v) is 3.29. The Morgan fingerprint density at radius 1 is 1.19 bits per heavy atom. The first kappa shape index (κ1) is 15.1. The third-order valence-electron chi connectivity index (χ3n) is 3.29. The van der Waals surface area contributed by atoms with Crippen molar-refractivity contribution >= 4 is 5.91 Å². The van der Waals surface area contributed by atoms with E-state index < -0.39 is 6.04 Å². The Balaban J connectivity index is 1.84. The van der Waals surface area contributed by atoms with Crippen molar-refractivity contribution in [2.24, 2.45) is 5.73 Å². The topological polar surface area (TPSA) is 64.3 Å². The number of rotatable bonds is 6. The number of hydrogen-bond acceptors (Lipinski definition) is 3. The molecule has 3 N–H and O–H groups in total. The molecule has 0 saturated carbocycles. The van der Waals surface area contributed by atoms with Gasteiger partial charge < -0.3 is 15.8 Å². The van der Waals surface area contributed by atoms with Crippen LogP contribution in [0, 0.1) is 0 Å². The molecule has 0 unspecified atom stereocenters. The number of nitrogens with two attached hydrogens (primary N) is 1. The van der Waals surface area contributed by atoms with E-state index in [9.17, 15) is 4.79 Å². The molecular formula is C17H20N2O2. The second kappa shape index (κ2) is 7.45. The number of benzene rings is 2. The number of amides is 1. The number of carbonyl (C=O) groups is 1. The summed E-state index contributed by atoms with van der Waals surface area (Å²) < 4.78 is 5.17. The fraction of sp³-hybridized carbons (Fsp3) is 0.235. The van der Waals surface area contributed by atoms with E-state index in [2.05, 4.69) is 5.32 Å². The number of nitrogens with one attached hydrogen (secondary N) is 1. The standard InChI is InChI=1S/C17H20N2O2/c1-21-15-9-5-6-13(12-15)10-11-19-17(20)16(18)14-7-3-2-4-8-14/h2-9,12,16H,10-11,18H2,1H3,(H,19,20)/t16-/m1/s1. The lowest BCUT2D eigenvalue weighted by Gasteiger charge is -2.12. The van der Waals surface area contributed by atoms with E-state index in [0.717, 1.165) is 23.3 Å². The molecule has 0 fully saturated rings. The molecule has 2 aromatic carbocycles. The van der Waals surface area contributed by atoms with E-state index in [-0.39, 0.29) is 5.91 Å². The summed E-state index contributed by atoms with van der Waals surface area (Å²) in [5.41, 5.74) is 7.86. The van der Waals surface area contributed by atoms with Gasteiger partial charge in [0.15, 0.2) is 0 Å². The molecule has 0 aromatic heterocycles. The van der Waals surface area contributed by atoms with E-state index in [0.29, 0.717) is 6.54 Å². The van der Waals surface area contributed by atoms with Gasteiger partial charge in [0.2, 0.25) is 5.91 Å². The summed E-state index contributed by atoms with van der Waals surface area (Å²) in [7, 11) is 1.64. The molecule has 2 rings (SSSR count). The van der Waals surface area contributed by atoms with Crippen LogP contribution in [0.3, 0.4) is 0 Å². The fourth-order valence-corrected chi connectivity index (χ4v) is 2.08. The Bertz CT molecular complexity index is 584. The molecule has 4 heteroatoms. The Morgan fingerprint density at radius 3 is 2.67 bits per heavy atom. The van der Waals surface area contributed by atoms with Gasteiger partial charge in [-0.3, -0.25) is 4.79 Å². The zero-order chi connectivity index (χ0) is 15.1. The lowest BCUT2D eigenvalue weighted by Crippen LogP contribution is -2.35. The number of hydrogen-bond donors (Lipinski definition) is 2. The molecule has 0 heterocycles. The SMILES string of the molecule is COc1cccc(CCNC(=O)[C@H](N)c2ccccc2)c1. The number of methoxy groups -OCH3 is 1. The molecule has 0 spiro atoms. The highest BCUT2D eigenvalue weighted by Crippen LogP contribution is 2.13. The van der Waals surface area contributed by atoms with Gasteiger partial charge in [0, 0.05) is 6.54 Å². The van der Waals surface area contributed by atoms with Gasteiger partial charge in [0.1, 0.15) is 11.8 Å². The second-order valence-corrected chi connectivity index (χ2v) is 4.78. The third kappa shape index (κ3) is 4.33. The average molecular weight is 284 g/mol. The average Bonchev–Trinajstić information content (AvgIpc) is 2.55. The van der Waals surface area contributed by atoms with Crippen molar-refractivity contribution in [2.75, 3.05) is 13.7 Å². The lowest BCUT2D eigenvalue weighted by atomic mass is 10.1. The predicted molar refractivity (Wildman–Crippen MR) is 83.1 cm³/mol. The van der Waals surface area contributed by atoms with Gasteiger partial charge in [-0.05, 0) is 29.7 Å². The zero-order valence-electron chi connectivity index (χ0n) is 12.1. The quantitative estimate of drug-likeness (QED) is 0.853. The van der Waals surface area contributed by atoms with Gasteiger partial charge >= 0.3 is 0 Å². The monoisotopic (exact) mass is 284 g/mol. The minimum Gasteiger partial charge on any atom is -0.497 e. The van der Waals surface area contributed by atoms with E-state index >= 15 is 0 Å². The van der Waals surface area contributed by atoms with Crippen LogP contribution >= 0.6 is 0 Å². The molecular weight excluding hydrogens is 264 g/mol. The summed E-state index contributed by atoms with van der Waals surface area (Å²) >= 11 is 0. The Hall–Kier alpha value is -2.33. The Labute approximate surface area is 124 Å². The van der Waals surface area contributed by atoms with Crippen molar-refractivity contribution in [1.82, 2.24) is 5.32 Å². The van der Waals surface area contributed by atoms with Crippen molar-refractivity contribution < 1.29 is 9.53 Å². The van der Waals surface area contributed by atoms with Gasteiger partial charge in [-0.1, -0.05) is 42.5 Å². The first-order valence-electron chi connectivity index (χ1n) is 6.92. The maximum absolute atomic E-state index is 12.0. The van der Waals surface area contributed by atoms with Crippen molar-refractivity contribution in [1.29, 1.82) is 0 Å². The summed E-state index contributed by atoms with van der Waals surface area (Å²) in [5, 5.41) is 2.86. The summed E-state index contributed by atoms with van der Waals surface area (Å²) in [5.74, 6) is 0.656. The smallest absolute Gasteiger partial charge is 0.241 e. The van der Waals surface area contributed by atoms with Gasteiger partial charge in [0.25, 0.3) is 0 Å². The Kier molecular flexibility index (Phi) is 5.35. The summed E-state index contributed by atoms with van der Waals surface area (Å²) in [6.07, 6.45) is 0.741. The first-order valence-corrected chi connectivity index (χ1v) is 6.92. The minimum atomic E-state index is -0.628. The van der Waals surface area contributed by atoms with Crippen LogP contribution in [0.1, 0.15) is 17.2 Å². The minimum absolute atomic E-state index is 0.163. The molecule has 0 aliphatic carbocycles. The van der Waals surface area contributed by atoms with Gasteiger partial charge in [-0.2, -0.15) is 0 Å². The Morgan fingerprint density at radius 2 is 1.95 bits per heavy atom. The van der Waals surface area contributed by atoms with Crippen LogP contribution in [-0.2, 0) is 11.2 Å². The largest absolute Gasteiger partial charge is 0.497 e. The molecule has 4 nitrogen and oxygen atoms in total. The second-order valence-electron chi connectivity index (χ2n) is 4.78. The molecule has 21 heavy (non-hydrogen) atoms. The van der Waals surface area contributed by atoms with Crippen LogP contribution < -0.4 is 15.8 Å². The highest BCUT2D eigenvalue weighted by Gasteiger charge is 2.14. The van der Waals surface area contributed by atoms with Crippen LogP contribution in [0.4, 0.5) is 0 Å². The van der Waals surface area contributed by atoms with Gasteiger partial charge in [0.05, 0.1) is 7.11 Å². The highest BCUT2D eigenvalue weighted by molar-refractivity contribution is 5.82. The molecule has 2 aromatic rings. The van der Waals surface area contributed by atoms with Crippen LogP contribution in [0.15, 0.2) is 54.6 Å². The van der Waals surface area contributed by atoms with Gasteiger partial charge in [-0.15, -0.1) is 0 Å². The van der Waals surface area contributed by atoms with E-state index in [4.69, 9.17) is 10.5 Å². The van der Waals surface area contributed by atoms with Gasteiger partial charge in [-0.25, -0.2) is 0 Å². The molecule has 0 aliphatic heterocycles. The van der Waals surface area contributed by atoms with Crippen LogP contribution in [0.25, 0.3) is 0 Å². The number of ether oxygens (including phenoxy) is 1. The summed E-state index contributed by atoms with van der Waals surface area (Å²) in [6, 6.07) is 16.5. The van der Waals surface area contributed by atoms with Crippen molar-refractivity contribution in [3.8, 4) is 5.75 Å². The molecule has 0 bridgehead atoms. The molecule has 0 saturated heterocycles. The van der Waals surface area contributed by atoms with Crippen molar-refractivity contribution in [2.45, 2.75) is 12.5 Å². The normalized spacial score (nSPS) is 11.7. The molecule has 0 aliphatic rings. The van der Waals surface area contributed by atoms with E-state index in [1.165, 1.54) is 0 Å². The van der Waals surface area contributed by atoms with Crippen LogP contribution in [0.2, 0.25) is 0 Å². The van der Waals surface area contributed by atoms with Crippen molar-refractivity contribution in [3.05, 3.63) is 65.7 Å². The molecule has 0 radical (unpaired) electrons. The fourth-order valence-electron chi connectivity index (χ4n) is 2.08. The summed E-state index contributed by atoms with van der Waals surface area (Å²) in [6.45, 7) is 0.548. The van der Waals surface area contributed by atoms with E-state index in [1.54, 1.807) is 7.11 Å². The maximum atomic E-state index is 12.0. The predicted octanol–water partition coefficient (Wildman–Crippen LogP) is 2.05. The van der Waals surface area contributed by atoms with E-state index in [1.807, 2.05) is 54.6 Å². The summed E-state index contributed by atoms with van der Waals surface area (Å²) in [4.78, 5) is 12.0. The molecule has 1 atom stereocenters. The number of carbonyl (C=O) groups excluding carboxylic acids is 1. The van der Waals surface area contributed by atoms with Crippen LogP contribution in [-0.4, -0.2) is 19.6 Å². The molecule has 1 amide bonds. The van der Waals surface area contributed by atoms with Crippen molar-refractivity contribution in [3.63, 3.8) is 0 Å². The first-order chi connectivity index (χ1) is 10.2. The lowest BCUT2D eigenvalue weighted by molar-refractivity contribution is -0.122. The molecule has 110 valence electrons. The zero-order valence-corrected chi connectivity index (χ0v) is 12.1. The van der Waals surface area contributed by atoms with Crippen LogP contribution in [0.5, 0.6) is 5.75 Å².